The number of nitrogens with zero attached hydrogens (tertiary/aromatic N) is 2. The van der Waals surface area contributed by atoms with E-state index in [0.717, 1.165) is 24.2 Å². The maximum Gasteiger partial charge on any atom is 0.226 e. The second kappa shape index (κ2) is 7.72. The summed E-state index contributed by atoms with van der Waals surface area (Å²) in [6.45, 7) is 1.90. The van der Waals surface area contributed by atoms with Crippen molar-refractivity contribution in [3.8, 4) is 0 Å². The summed E-state index contributed by atoms with van der Waals surface area (Å²) in [5.41, 5.74) is 1.07. The first-order chi connectivity index (χ1) is 12.7. The smallest absolute Gasteiger partial charge is 0.226 e. The highest BCUT2D eigenvalue weighted by molar-refractivity contribution is 7.71. The molecule has 2 aromatic rings. The van der Waals surface area contributed by atoms with Gasteiger partial charge in [0.2, 0.25) is 5.91 Å². The van der Waals surface area contributed by atoms with Gasteiger partial charge < -0.3 is 14.6 Å². The van der Waals surface area contributed by atoms with Gasteiger partial charge in [-0.3, -0.25) is 9.89 Å². The number of nitrogens with one attached hydrogen (secondary N) is 2. The van der Waals surface area contributed by atoms with Crippen LogP contribution in [0, 0.1) is 10.7 Å². The van der Waals surface area contributed by atoms with Crippen LogP contribution in [0.4, 0.5) is 0 Å². The third-order valence-corrected chi connectivity index (χ3v) is 5.46. The SMILES string of the molecule is O=C(NCCn1c(C2CC2)n[nH]c1=S)[C@@H]1CCCO[C@@H]1c1ccccc1. The zero-order valence-electron chi connectivity index (χ0n) is 14.7. The summed E-state index contributed by atoms with van der Waals surface area (Å²) < 4.78 is 8.57. The van der Waals surface area contributed by atoms with Crippen molar-refractivity contribution < 1.29 is 9.53 Å². The van der Waals surface area contributed by atoms with Gasteiger partial charge in [-0.25, -0.2) is 0 Å². The van der Waals surface area contributed by atoms with Crippen LogP contribution in [0.5, 0.6) is 0 Å². The molecule has 4 rings (SSSR count). The minimum absolute atomic E-state index is 0.0570. The molecule has 2 atom stereocenters. The molecule has 0 unspecified atom stereocenters. The van der Waals surface area contributed by atoms with E-state index in [4.69, 9.17) is 17.0 Å². The highest BCUT2D eigenvalue weighted by atomic mass is 32.1. The molecule has 7 heteroatoms. The predicted molar refractivity (Wildman–Crippen MR) is 100 cm³/mol. The molecule has 2 heterocycles. The molecule has 2 fully saturated rings. The second-order valence-corrected chi connectivity index (χ2v) is 7.44. The van der Waals surface area contributed by atoms with E-state index < -0.39 is 0 Å². The number of hydrogen-bond donors (Lipinski definition) is 2. The van der Waals surface area contributed by atoms with Gasteiger partial charge in [-0.2, -0.15) is 5.10 Å². The second-order valence-electron chi connectivity index (χ2n) is 7.05. The molecule has 138 valence electrons. The molecule has 1 aliphatic carbocycles. The zero-order valence-corrected chi connectivity index (χ0v) is 15.5. The van der Waals surface area contributed by atoms with Crippen LogP contribution in [0.15, 0.2) is 30.3 Å². The summed E-state index contributed by atoms with van der Waals surface area (Å²) in [5.74, 6) is 1.45. The van der Waals surface area contributed by atoms with Crippen molar-refractivity contribution in [1.82, 2.24) is 20.1 Å². The van der Waals surface area contributed by atoms with Gasteiger partial charge in [0, 0.05) is 25.6 Å². The molecular formula is C19H24N4O2S. The van der Waals surface area contributed by atoms with Gasteiger partial charge in [0.05, 0.1) is 12.0 Å². The summed E-state index contributed by atoms with van der Waals surface area (Å²) in [5, 5.41) is 10.3. The van der Waals surface area contributed by atoms with Crippen LogP contribution in [0.3, 0.4) is 0 Å². The first-order valence-electron chi connectivity index (χ1n) is 9.33. The van der Waals surface area contributed by atoms with E-state index >= 15 is 0 Å². The molecule has 0 radical (unpaired) electrons. The summed E-state index contributed by atoms with van der Waals surface area (Å²) in [6.07, 6.45) is 3.95. The van der Waals surface area contributed by atoms with Crippen molar-refractivity contribution in [3.05, 3.63) is 46.5 Å². The number of carbonyl (C=O) groups is 1. The molecule has 1 aromatic carbocycles. The Morgan fingerprint density at radius 1 is 1.31 bits per heavy atom. The average molecular weight is 372 g/mol. The number of carbonyl (C=O) groups excluding carboxylic acids is 1. The molecular weight excluding hydrogens is 348 g/mol. The molecule has 1 saturated heterocycles. The number of aromatic nitrogens is 3. The molecule has 26 heavy (non-hydrogen) atoms. The molecule has 0 bridgehead atoms. The first-order valence-corrected chi connectivity index (χ1v) is 9.74. The molecule has 1 aliphatic heterocycles. The standard InChI is InChI=1S/C19H24N4O2S/c24-18(15-7-4-12-25-16(15)13-5-2-1-3-6-13)20-10-11-23-17(14-8-9-14)21-22-19(23)26/h1-3,5-6,14-16H,4,7-12H2,(H,20,24)(H,22,26)/t15-,16-/m1/s1. The minimum atomic E-state index is -0.164. The van der Waals surface area contributed by atoms with Crippen LogP contribution in [-0.2, 0) is 16.1 Å². The summed E-state index contributed by atoms with van der Waals surface area (Å²) in [7, 11) is 0. The lowest BCUT2D eigenvalue weighted by Gasteiger charge is -2.31. The first kappa shape index (κ1) is 17.4. The fraction of sp³-hybridized carbons (Fsp3) is 0.526. The number of aromatic amines is 1. The Morgan fingerprint density at radius 2 is 2.12 bits per heavy atom. The van der Waals surface area contributed by atoms with Crippen molar-refractivity contribution in [1.29, 1.82) is 0 Å². The average Bonchev–Trinajstić information content (AvgIpc) is 3.46. The molecule has 1 aromatic heterocycles. The van der Waals surface area contributed by atoms with E-state index in [9.17, 15) is 4.79 Å². The van der Waals surface area contributed by atoms with Crippen LogP contribution >= 0.6 is 12.2 Å². The minimum Gasteiger partial charge on any atom is -0.373 e. The Morgan fingerprint density at radius 3 is 2.88 bits per heavy atom. The van der Waals surface area contributed by atoms with E-state index in [1.54, 1.807) is 0 Å². The predicted octanol–water partition coefficient (Wildman–Crippen LogP) is 3.10. The quantitative estimate of drug-likeness (QED) is 0.765. The van der Waals surface area contributed by atoms with Crippen LogP contribution in [0.2, 0.25) is 0 Å². The number of benzene rings is 1. The summed E-state index contributed by atoms with van der Waals surface area (Å²) in [4.78, 5) is 12.8. The van der Waals surface area contributed by atoms with Crippen molar-refractivity contribution in [3.63, 3.8) is 0 Å². The Kier molecular flexibility index (Phi) is 5.17. The van der Waals surface area contributed by atoms with Gasteiger partial charge in [0.15, 0.2) is 4.77 Å². The molecule has 1 saturated carbocycles. The van der Waals surface area contributed by atoms with Crippen LogP contribution in [0.1, 0.15) is 49.1 Å². The van der Waals surface area contributed by atoms with Crippen molar-refractivity contribution in [2.75, 3.05) is 13.2 Å². The Bertz CT molecular complexity index is 812. The number of H-pyrrole nitrogens is 1. The number of rotatable bonds is 6. The lowest BCUT2D eigenvalue weighted by Crippen LogP contribution is -2.38. The highest BCUT2D eigenvalue weighted by Crippen LogP contribution is 2.38. The van der Waals surface area contributed by atoms with Crippen LogP contribution in [-0.4, -0.2) is 33.8 Å². The maximum absolute atomic E-state index is 12.8. The van der Waals surface area contributed by atoms with Gasteiger partial charge in [-0.1, -0.05) is 30.3 Å². The van der Waals surface area contributed by atoms with Crippen molar-refractivity contribution >= 4 is 18.1 Å². The van der Waals surface area contributed by atoms with Gasteiger partial charge in [-0.15, -0.1) is 0 Å². The molecule has 2 aliphatic rings. The lowest BCUT2D eigenvalue weighted by molar-refractivity contribution is -0.134. The molecule has 0 spiro atoms. The monoisotopic (exact) mass is 372 g/mol. The Labute approximate surface area is 158 Å². The summed E-state index contributed by atoms with van der Waals surface area (Å²) in [6, 6.07) is 10.0. The van der Waals surface area contributed by atoms with Gasteiger partial charge in [0.1, 0.15) is 5.82 Å². The largest absolute Gasteiger partial charge is 0.373 e. The topological polar surface area (TPSA) is 71.9 Å². The van der Waals surface area contributed by atoms with E-state index in [1.807, 2.05) is 34.9 Å². The fourth-order valence-corrected chi connectivity index (χ4v) is 3.87. The highest BCUT2D eigenvalue weighted by Gasteiger charge is 2.33. The van der Waals surface area contributed by atoms with Crippen molar-refractivity contribution in [2.24, 2.45) is 5.92 Å². The van der Waals surface area contributed by atoms with E-state index in [-0.39, 0.29) is 17.9 Å². The van der Waals surface area contributed by atoms with Gasteiger partial charge in [0.25, 0.3) is 0 Å². The van der Waals surface area contributed by atoms with Crippen LogP contribution < -0.4 is 5.32 Å². The third kappa shape index (κ3) is 3.73. The Balaban J connectivity index is 1.38. The number of amides is 1. The van der Waals surface area contributed by atoms with Crippen molar-refractivity contribution in [2.45, 2.75) is 44.2 Å². The lowest BCUT2D eigenvalue weighted by atomic mass is 9.89. The molecule has 6 nitrogen and oxygen atoms in total. The molecule has 1 amide bonds. The summed E-state index contributed by atoms with van der Waals surface area (Å²) >= 11 is 5.32. The fourth-order valence-electron chi connectivity index (χ4n) is 3.64. The van der Waals surface area contributed by atoms with Gasteiger partial charge in [-0.05, 0) is 43.5 Å². The zero-order chi connectivity index (χ0) is 17.9. The van der Waals surface area contributed by atoms with E-state index in [1.165, 1.54) is 12.8 Å². The normalized spacial score (nSPS) is 22.9. The Hall–Kier alpha value is -1.99. The molecule has 2 N–H and O–H groups in total. The maximum atomic E-state index is 12.8. The third-order valence-electron chi connectivity index (χ3n) is 5.15. The van der Waals surface area contributed by atoms with Gasteiger partial charge >= 0.3 is 0 Å². The number of hydrogen-bond acceptors (Lipinski definition) is 4. The number of ether oxygens (including phenoxy) is 1. The van der Waals surface area contributed by atoms with E-state index in [2.05, 4.69) is 15.5 Å². The van der Waals surface area contributed by atoms with Crippen LogP contribution in [0.25, 0.3) is 0 Å². The van der Waals surface area contributed by atoms with E-state index in [0.29, 0.717) is 30.4 Å².